The Balaban J connectivity index is 2.52. The van der Waals surface area contributed by atoms with E-state index in [9.17, 15) is 0 Å². The van der Waals surface area contributed by atoms with E-state index in [1.54, 1.807) is 0 Å². The van der Waals surface area contributed by atoms with Gasteiger partial charge in [0.25, 0.3) is 0 Å². The summed E-state index contributed by atoms with van der Waals surface area (Å²) in [7, 11) is 0. The molecule has 1 rings (SSSR count). The van der Waals surface area contributed by atoms with Crippen LogP contribution in [0.3, 0.4) is 0 Å². The molecule has 0 saturated heterocycles. The smallest absolute Gasteiger partial charge is 0.0787 e. The summed E-state index contributed by atoms with van der Waals surface area (Å²) in [5, 5.41) is 0. The third kappa shape index (κ3) is 4.03. The number of hydrogen-bond acceptors (Lipinski definition) is 1. The quantitative estimate of drug-likeness (QED) is 0.650. The largest absolute Gasteiger partial charge is 0.369 e. The van der Waals surface area contributed by atoms with E-state index in [1.807, 2.05) is 30.4 Å². The molecule has 0 aliphatic carbocycles. The van der Waals surface area contributed by atoms with Gasteiger partial charge in [-0.2, -0.15) is 0 Å². The highest BCUT2D eigenvalue weighted by Gasteiger charge is 2.07. The van der Waals surface area contributed by atoms with E-state index in [2.05, 4.69) is 32.6 Å². The molecular weight excluding hydrogens is 196 g/mol. The van der Waals surface area contributed by atoms with E-state index in [4.69, 9.17) is 4.74 Å². The number of rotatable bonds is 6. The van der Waals surface area contributed by atoms with Crippen molar-refractivity contribution in [3.05, 3.63) is 60.2 Å². The molecule has 0 bridgehead atoms. The van der Waals surface area contributed by atoms with Crippen LogP contribution >= 0.6 is 0 Å². The summed E-state index contributed by atoms with van der Waals surface area (Å²) in [6, 6.07) is 10.3. The fourth-order valence-corrected chi connectivity index (χ4v) is 1.64. The summed E-state index contributed by atoms with van der Waals surface area (Å²) in [6.45, 7) is 8.59. The van der Waals surface area contributed by atoms with Crippen LogP contribution in [-0.4, -0.2) is 6.10 Å². The first-order chi connectivity index (χ1) is 7.77. The lowest BCUT2D eigenvalue weighted by Gasteiger charge is -2.16. The van der Waals surface area contributed by atoms with Gasteiger partial charge in [0.1, 0.15) is 0 Å². The minimum atomic E-state index is 0.193. The van der Waals surface area contributed by atoms with Gasteiger partial charge in [-0.05, 0) is 24.5 Å². The average Bonchev–Trinajstić information content (AvgIpc) is 2.31. The molecule has 0 amide bonds. The Bertz CT molecular complexity index is 338. The zero-order valence-corrected chi connectivity index (χ0v) is 10.1. The van der Waals surface area contributed by atoms with E-state index < -0.39 is 0 Å². The second kappa shape index (κ2) is 7.02. The Kier molecular flexibility index (Phi) is 5.58. The van der Waals surface area contributed by atoms with Gasteiger partial charge in [0, 0.05) is 0 Å². The Hall–Kier alpha value is -1.34. The lowest BCUT2D eigenvalue weighted by atomic mass is 10.1. The Morgan fingerprint density at radius 2 is 2.06 bits per heavy atom. The lowest BCUT2D eigenvalue weighted by Crippen LogP contribution is -2.13. The van der Waals surface area contributed by atoms with E-state index in [0.717, 1.165) is 6.42 Å². The summed E-state index contributed by atoms with van der Waals surface area (Å²) in [4.78, 5) is 0. The highest BCUT2D eigenvalue weighted by molar-refractivity contribution is 5.15. The van der Waals surface area contributed by atoms with Gasteiger partial charge >= 0.3 is 0 Å². The van der Waals surface area contributed by atoms with E-state index >= 15 is 0 Å². The van der Waals surface area contributed by atoms with Gasteiger partial charge in [-0.3, -0.25) is 0 Å². The van der Waals surface area contributed by atoms with Crippen LogP contribution in [0.2, 0.25) is 0 Å². The molecule has 0 aliphatic rings. The van der Waals surface area contributed by atoms with Crippen molar-refractivity contribution >= 4 is 0 Å². The van der Waals surface area contributed by atoms with Crippen molar-refractivity contribution in [1.29, 1.82) is 0 Å². The van der Waals surface area contributed by atoms with Crippen molar-refractivity contribution in [2.45, 2.75) is 33.0 Å². The fourth-order valence-electron chi connectivity index (χ4n) is 1.64. The van der Waals surface area contributed by atoms with Gasteiger partial charge in [-0.15, -0.1) is 0 Å². The molecular formula is C15H20O. The summed E-state index contributed by atoms with van der Waals surface area (Å²) in [5.41, 5.74) is 2.45. The van der Waals surface area contributed by atoms with Gasteiger partial charge in [-0.1, -0.05) is 56.0 Å². The van der Waals surface area contributed by atoms with Gasteiger partial charge in [0.15, 0.2) is 0 Å². The topological polar surface area (TPSA) is 9.23 Å². The molecule has 0 aromatic heterocycles. The third-order valence-corrected chi connectivity index (χ3v) is 2.55. The molecule has 0 fully saturated rings. The standard InChI is InChI=1S/C15H20O/c1-4-9-13(3)15(5-2)16-12-14-10-7-6-8-11-14/h4,6-11,15H,1,5,12H2,2-3H3/t15-/m1/s1. The van der Waals surface area contributed by atoms with Crippen LogP contribution in [0.15, 0.2) is 54.6 Å². The van der Waals surface area contributed by atoms with Crippen LogP contribution in [0.4, 0.5) is 0 Å². The minimum Gasteiger partial charge on any atom is -0.369 e. The van der Waals surface area contributed by atoms with Crippen LogP contribution in [-0.2, 0) is 11.3 Å². The summed E-state index contributed by atoms with van der Waals surface area (Å²) in [6.07, 6.45) is 5.00. The average molecular weight is 216 g/mol. The molecule has 1 nitrogen and oxygen atoms in total. The fraction of sp³-hybridized carbons (Fsp3) is 0.333. The molecule has 0 N–H and O–H groups in total. The molecule has 0 spiro atoms. The number of hydrogen-bond donors (Lipinski definition) is 0. The van der Waals surface area contributed by atoms with Crippen LogP contribution in [0.1, 0.15) is 25.8 Å². The molecule has 0 heterocycles. The molecule has 0 aliphatic heterocycles. The second-order valence-corrected chi connectivity index (χ2v) is 3.84. The Morgan fingerprint density at radius 1 is 1.38 bits per heavy atom. The predicted molar refractivity (Wildman–Crippen MR) is 69.3 cm³/mol. The summed E-state index contributed by atoms with van der Waals surface area (Å²) < 4.78 is 5.88. The number of allylic oxidation sites excluding steroid dienone is 2. The zero-order valence-electron chi connectivity index (χ0n) is 10.1. The zero-order chi connectivity index (χ0) is 11.8. The van der Waals surface area contributed by atoms with Crippen molar-refractivity contribution in [2.24, 2.45) is 0 Å². The summed E-state index contributed by atoms with van der Waals surface area (Å²) >= 11 is 0. The monoisotopic (exact) mass is 216 g/mol. The predicted octanol–water partition coefficient (Wildman–Crippen LogP) is 4.11. The SMILES string of the molecule is C=CC=C(C)[C@@H](CC)OCc1ccccc1. The van der Waals surface area contributed by atoms with Crippen molar-refractivity contribution < 1.29 is 4.74 Å². The maximum Gasteiger partial charge on any atom is 0.0787 e. The molecule has 1 heteroatoms. The van der Waals surface area contributed by atoms with E-state index in [0.29, 0.717) is 6.61 Å². The van der Waals surface area contributed by atoms with Crippen molar-refractivity contribution in [3.63, 3.8) is 0 Å². The van der Waals surface area contributed by atoms with Crippen LogP contribution in [0.25, 0.3) is 0 Å². The van der Waals surface area contributed by atoms with Crippen molar-refractivity contribution in [2.75, 3.05) is 0 Å². The Morgan fingerprint density at radius 3 is 2.62 bits per heavy atom. The maximum atomic E-state index is 5.88. The second-order valence-electron chi connectivity index (χ2n) is 3.84. The molecule has 1 aromatic rings. The van der Waals surface area contributed by atoms with Crippen LogP contribution < -0.4 is 0 Å². The van der Waals surface area contributed by atoms with Gasteiger partial charge in [-0.25, -0.2) is 0 Å². The Labute approximate surface area is 98.5 Å². The first-order valence-electron chi connectivity index (χ1n) is 5.72. The molecule has 1 aromatic carbocycles. The van der Waals surface area contributed by atoms with Crippen LogP contribution in [0, 0.1) is 0 Å². The highest BCUT2D eigenvalue weighted by Crippen LogP contribution is 2.13. The van der Waals surface area contributed by atoms with Gasteiger partial charge in [0.2, 0.25) is 0 Å². The minimum absolute atomic E-state index is 0.193. The maximum absolute atomic E-state index is 5.88. The lowest BCUT2D eigenvalue weighted by molar-refractivity contribution is 0.0621. The number of ether oxygens (including phenoxy) is 1. The first kappa shape index (κ1) is 12.7. The third-order valence-electron chi connectivity index (χ3n) is 2.55. The molecule has 0 unspecified atom stereocenters. The van der Waals surface area contributed by atoms with Gasteiger partial charge in [0.05, 0.1) is 12.7 Å². The van der Waals surface area contributed by atoms with E-state index in [1.165, 1.54) is 11.1 Å². The van der Waals surface area contributed by atoms with Crippen molar-refractivity contribution in [1.82, 2.24) is 0 Å². The normalized spacial score (nSPS) is 13.5. The van der Waals surface area contributed by atoms with Crippen molar-refractivity contribution in [3.8, 4) is 0 Å². The first-order valence-corrected chi connectivity index (χ1v) is 5.72. The molecule has 0 radical (unpaired) electrons. The molecule has 0 saturated carbocycles. The number of benzene rings is 1. The molecule has 16 heavy (non-hydrogen) atoms. The van der Waals surface area contributed by atoms with E-state index in [-0.39, 0.29) is 6.10 Å². The highest BCUT2D eigenvalue weighted by atomic mass is 16.5. The van der Waals surface area contributed by atoms with Gasteiger partial charge < -0.3 is 4.74 Å². The molecule has 86 valence electrons. The van der Waals surface area contributed by atoms with Crippen LogP contribution in [0.5, 0.6) is 0 Å². The summed E-state index contributed by atoms with van der Waals surface area (Å²) in [5.74, 6) is 0. The molecule has 1 atom stereocenters.